The van der Waals surface area contributed by atoms with Crippen molar-refractivity contribution in [1.82, 2.24) is 5.32 Å². The molecule has 12 heavy (non-hydrogen) atoms. The van der Waals surface area contributed by atoms with Crippen molar-refractivity contribution in [2.45, 2.75) is 32.9 Å². The summed E-state index contributed by atoms with van der Waals surface area (Å²) < 4.78 is 0. The van der Waals surface area contributed by atoms with E-state index in [0.29, 0.717) is 12.5 Å². The molecule has 4 nitrogen and oxygen atoms in total. The number of aliphatic hydroxyl groups excluding tert-OH is 1. The van der Waals surface area contributed by atoms with Crippen LogP contribution in [0.1, 0.15) is 20.8 Å². The predicted octanol–water partition coefficient (Wildman–Crippen LogP) is 0.0660. The lowest BCUT2D eigenvalue weighted by Crippen LogP contribution is -2.46. The Morgan fingerprint density at radius 3 is 2.17 bits per heavy atom. The van der Waals surface area contributed by atoms with E-state index >= 15 is 0 Å². The third-order valence-corrected chi connectivity index (χ3v) is 1.49. The van der Waals surface area contributed by atoms with Crippen molar-refractivity contribution in [1.29, 1.82) is 0 Å². The Balaban J connectivity index is 3.88. The number of carboxylic acid groups (broad SMARTS) is 1. The van der Waals surface area contributed by atoms with E-state index in [4.69, 9.17) is 10.2 Å². The van der Waals surface area contributed by atoms with Crippen molar-refractivity contribution in [3.05, 3.63) is 0 Å². The van der Waals surface area contributed by atoms with E-state index < -0.39 is 18.1 Å². The maximum Gasteiger partial charge on any atom is 0.323 e. The average molecular weight is 175 g/mol. The lowest BCUT2D eigenvalue weighted by molar-refractivity contribution is -0.142. The van der Waals surface area contributed by atoms with E-state index in [0.717, 1.165) is 0 Å². The van der Waals surface area contributed by atoms with Crippen molar-refractivity contribution >= 4 is 5.97 Å². The van der Waals surface area contributed by atoms with Gasteiger partial charge in [-0.2, -0.15) is 0 Å². The van der Waals surface area contributed by atoms with Crippen LogP contribution < -0.4 is 5.32 Å². The van der Waals surface area contributed by atoms with Crippen molar-refractivity contribution < 1.29 is 15.0 Å². The molecule has 1 unspecified atom stereocenters. The molecule has 0 aromatic heterocycles. The van der Waals surface area contributed by atoms with Gasteiger partial charge in [0.05, 0.1) is 6.10 Å². The predicted molar refractivity (Wildman–Crippen MR) is 45.9 cm³/mol. The lowest BCUT2D eigenvalue weighted by atomic mass is 10.1. The van der Waals surface area contributed by atoms with E-state index in [-0.39, 0.29) is 0 Å². The van der Waals surface area contributed by atoms with Crippen LogP contribution in [0.3, 0.4) is 0 Å². The number of hydrogen-bond acceptors (Lipinski definition) is 3. The number of hydrogen-bond donors (Lipinski definition) is 3. The molecule has 72 valence electrons. The minimum atomic E-state index is -1.01. The minimum absolute atomic E-state index is 0.380. The van der Waals surface area contributed by atoms with Crippen molar-refractivity contribution in [3.63, 3.8) is 0 Å². The molecular formula is C8H17NO3. The first-order chi connectivity index (χ1) is 5.45. The number of rotatable bonds is 5. The Bertz CT molecular complexity index is 145. The van der Waals surface area contributed by atoms with Gasteiger partial charge in [0.1, 0.15) is 6.04 Å². The summed E-state index contributed by atoms with van der Waals surface area (Å²) in [5.74, 6) is -0.628. The fourth-order valence-corrected chi connectivity index (χ4v) is 0.827. The van der Waals surface area contributed by atoms with E-state index in [1.807, 2.05) is 13.8 Å². The van der Waals surface area contributed by atoms with Gasteiger partial charge in [0.2, 0.25) is 0 Å². The molecule has 0 fully saturated rings. The first-order valence-corrected chi connectivity index (χ1v) is 4.09. The number of aliphatic hydroxyl groups is 1. The van der Waals surface area contributed by atoms with Gasteiger partial charge in [-0.3, -0.25) is 4.79 Å². The van der Waals surface area contributed by atoms with Crippen LogP contribution >= 0.6 is 0 Å². The van der Waals surface area contributed by atoms with E-state index in [2.05, 4.69) is 5.32 Å². The first kappa shape index (κ1) is 11.4. The van der Waals surface area contributed by atoms with Crippen LogP contribution in [0.15, 0.2) is 0 Å². The van der Waals surface area contributed by atoms with Gasteiger partial charge in [0.15, 0.2) is 0 Å². The van der Waals surface area contributed by atoms with Crippen molar-refractivity contribution in [2.24, 2.45) is 5.92 Å². The molecule has 0 spiro atoms. The van der Waals surface area contributed by atoms with E-state index in [1.54, 1.807) is 0 Å². The summed E-state index contributed by atoms with van der Waals surface area (Å²) in [6.45, 7) is 6.02. The molecule has 0 aliphatic rings. The largest absolute Gasteiger partial charge is 0.480 e. The number of nitrogens with one attached hydrogen (secondary N) is 1. The second-order valence-corrected chi connectivity index (χ2v) is 3.36. The van der Waals surface area contributed by atoms with Crippen LogP contribution in [-0.2, 0) is 4.79 Å². The Kier molecular flexibility index (Phi) is 4.85. The first-order valence-electron chi connectivity index (χ1n) is 4.09. The van der Waals surface area contributed by atoms with E-state index in [9.17, 15) is 4.79 Å². The fraction of sp³-hybridized carbons (Fsp3) is 0.875. The van der Waals surface area contributed by atoms with Crippen LogP contribution in [-0.4, -0.2) is 34.9 Å². The van der Waals surface area contributed by atoms with Gasteiger partial charge in [-0.25, -0.2) is 0 Å². The molecule has 0 rings (SSSR count). The Morgan fingerprint density at radius 2 is 1.92 bits per heavy atom. The standard InChI is InChI=1S/C8H17NO3/c1-5(2)4-9-7(6(3)10)8(11)12/h5-7,9-10H,4H2,1-3H3,(H,11,12)/t6?,7-/m0/s1. The highest BCUT2D eigenvalue weighted by atomic mass is 16.4. The molecule has 0 amide bonds. The van der Waals surface area contributed by atoms with Crippen LogP contribution in [0.25, 0.3) is 0 Å². The molecule has 0 heterocycles. The third kappa shape index (κ3) is 4.31. The summed E-state index contributed by atoms with van der Waals surface area (Å²) in [6.07, 6.45) is -0.860. The molecule has 0 aromatic rings. The summed E-state index contributed by atoms with van der Waals surface area (Å²) in [5.41, 5.74) is 0. The zero-order valence-electron chi connectivity index (χ0n) is 7.74. The second-order valence-electron chi connectivity index (χ2n) is 3.36. The molecular weight excluding hydrogens is 158 g/mol. The Hall–Kier alpha value is -0.610. The van der Waals surface area contributed by atoms with Gasteiger partial charge < -0.3 is 15.5 Å². The molecule has 0 aliphatic heterocycles. The highest BCUT2D eigenvalue weighted by Crippen LogP contribution is 1.95. The molecule has 0 bridgehead atoms. The van der Waals surface area contributed by atoms with Gasteiger partial charge in [-0.05, 0) is 19.4 Å². The Labute approximate surface area is 72.6 Å². The number of carbonyl (C=O) groups is 1. The number of aliphatic carboxylic acids is 1. The smallest absolute Gasteiger partial charge is 0.323 e. The van der Waals surface area contributed by atoms with Crippen LogP contribution in [0.2, 0.25) is 0 Å². The molecule has 0 saturated carbocycles. The molecule has 0 aromatic carbocycles. The molecule has 2 atom stereocenters. The molecule has 0 aliphatic carbocycles. The van der Waals surface area contributed by atoms with Crippen LogP contribution in [0, 0.1) is 5.92 Å². The molecule has 4 heteroatoms. The Morgan fingerprint density at radius 1 is 1.42 bits per heavy atom. The molecule has 0 saturated heterocycles. The van der Waals surface area contributed by atoms with Crippen LogP contribution in [0.5, 0.6) is 0 Å². The van der Waals surface area contributed by atoms with E-state index in [1.165, 1.54) is 6.92 Å². The maximum absolute atomic E-state index is 10.5. The van der Waals surface area contributed by atoms with Gasteiger partial charge in [0.25, 0.3) is 0 Å². The van der Waals surface area contributed by atoms with Crippen molar-refractivity contribution in [3.8, 4) is 0 Å². The minimum Gasteiger partial charge on any atom is -0.480 e. The SMILES string of the molecule is CC(C)CN[C@H](C(=O)O)C(C)O. The van der Waals surface area contributed by atoms with Gasteiger partial charge >= 0.3 is 5.97 Å². The normalized spacial score (nSPS) is 16.1. The lowest BCUT2D eigenvalue weighted by Gasteiger charge is -2.18. The van der Waals surface area contributed by atoms with Crippen molar-refractivity contribution in [2.75, 3.05) is 6.54 Å². The summed E-state index contributed by atoms with van der Waals surface area (Å²) in [7, 11) is 0. The monoisotopic (exact) mass is 175 g/mol. The van der Waals surface area contributed by atoms with Crippen LogP contribution in [0.4, 0.5) is 0 Å². The zero-order chi connectivity index (χ0) is 9.72. The fourth-order valence-electron chi connectivity index (χ4n) is 0.827. The second kappa shape index (κ2) is 5.11. The average Bonchev–Trinajstić information content (AvgIpc) is 1.84. The maximum atomic E-state index is 10.5. The van der Waals surface area contributed by atoms with Gasteiger partial charge in [0, 0.05) is 0 Å². The summed E-state index contributed by atoms with van der Waals surface area (Å²) in [5, 5.41) is 20.5. The number of carboxylic acids is 1. The highest BCUT2D eigenvalue weighted by molar-refractivity contribution is 5.74. The third-order valence-electron chi connectivity index (χ3n) is 1.49. The van der Waals surface area contributed by atoms with Gasteiger partial charge in [-0.15, -0.1) is 0 Å². The zero-order valence-corrected chi connectivity index (χ0v) is 7.74. The highest BCUT2D eigenvalue weighted by Gasteiger charge is 2.21. The topological polar surface area (TPSA) is 69.6 Å². The quantitative estimate of drug-likeness (QED) is 0.553. The molecule has 3 N–H and O–H groups in total. The summed E-state index contributed by atoms with van der Waals surface area (Å²) >= 11 is 0. The summed E-state index contributed by atoms with van der Waals surface area (Å²) in [4.78, 5) is 10.5. The molecule has 0 radical (unpaired) electrons. The van der Waals surface area contributed by atoms with Gasteiger partial charge in [-0.1, -0.05) is 13.8 Å². The summed E-state index contributed by atoms with van der Waals surface area (Å²) in [6, 6.07) is -0.854.